The monoisotopic (exact) mass is 634 g/mol. The molecule has 0 aliphatic heterocycles. The maximum Gasteiger partial charge on any atom is 0.322 e. The SMILES string of the molecule is CC(C)CC(N)C(=O)O.NC(=O)CC(N)C(=O)O.NC(CC(=O)O)C(=O)O.NC(CC(=O)O)C(=O)O.NC(CO)C(=O)O. The summed E-state index contributed by atoms with van der Waals surface area (Å²) in [7, 11) is 0. The molecule has 0 spiro atoms. The second kappa shape index (κ2) is 27.7. The normalized spacial score (nSPS) is 13.0. The zero-order chi connectivity index (χ0) is 35.6. The number of primary amides is 1. The van der Waals surface area contributed by atoms with Crippen LogP contribution in [0.4, 0.5) is 0 Å². The van der Waals surface area contributed by atoms with Crippen molar-refractivity contribution in [2.24, 2.45) is 40.3 Å². The molecule has 0 saturated heterocycles. The van der Waals surface area contributed by atoms with E-state index in [-0.39, 0.29) is 6.42 Å². The highest BCUT2D eigenvalue weighted by molar-refractivity contribution is 5.83. The molecule has 0 heterocycles. The minimum atomic E-state index is -1.29. The van der Waals surface area contributed by atoms with Crippen LogP contribution in [0.2, 0.25) is 0 Å². The van der Waals surface area contributed by atoms with E-state index in [2.05, 4.69) is 5.73 Å². The Balaban J connectivity index is -0.000000140. The molecule has 0 aliphatic carbocycles. The van der Waals surface area contributed by atoms with E-state index < -0.39 is 97.4 Å². The molecule has 0 saturated carbocycles. The zero-order valence-corrected chi connectivity index (χ0v) is 23.3. The number of hydrogen-bond acceptors (Lipinski definition) is 14. The number of carboxylic acids is 7. The molecule has 43 heavy (non-hydrogen) atoms. The van der Waals surface area contributed by atoms with Gasteiger partial charge >= 0.3 is 41.8 Å². The summed E-state index contributed by atoms with van der Waals surface area (Å²) in [5.41, 5.74) is 29.2. The first-order chi connectivity index (χ1) is 19.3. The predicted octanol–water partition coefficient (Wildman–Crippen LogP) is -5.15. The minimum Gasteiger partial charge on any atom is -0.481 e. The lowest BCUT2D eigenvalue weighted by molar-refractivity contribution is -0.144. The van der Waals surface area contributed by atoms with Gasteiger partial charge in [-0.3, -0.25) is 38.4 Å². The first-order valence-corrected chi connectivity index (χ1v) is 11.6. The number of aliphatic hydroxyl groups is 1. The molecule has 0 radical (unpaired) electrons. The molecule has 0 aromatic rings. The summed E-state index contributed by atoms with van der Waals surface area (Å²) in [6.45, 7) is 3.39. The van der Waals surface area contributed by atoms with Crippen LogP contribution >= 0.6 is 0 Å². The van der Waals surface area contributed by atoms with Crippen molar-refractivity contribution in [1.82, 2.24) is 0 Å². The quantitative estimate of drug-likeness (QED) is 0.0848. The van der Waals surface area contributed by atoms with Gasteiger partial charge < -0.3 is 75.3 Å². The fraction of sp³-hybridized carbons (Fsp3) is 0.619. The Labute approximate surface area is 244 Å². The van der Waals surface area contributed by atoms with Gasteiger partial charge in [-0.05, 0) is 12.3 Å². The summed E-state index contributed by atoms with van der Waals surface area (Å²) in [5, 5.41) is 64.4. The van der Waals surface area contributed by atoms with Crippen molar-refractivity contribution >= 4 is 47.7 Å². The fourth-order valence-electron chi connectivity index (χ4n) is 1.54. The lowest BCUT2D eigenvalue weighted by Crippen LogP contribution is -2.34. The number of nitrogens with two attached hydrogens (primary N) is 6. The van der Waals surface area contributed by atoms with Crippen molar-refractivity contribution in [2.45, 2.75) is 69.7 Å². The van der Waals surface area contributed by atoms with Gasteiger partial charge in [-0.2, -0.15) is 0 Å². The molecule has 1 amide bonds. The van der Waals surface area contributed by atoms with Crippen molar-refractivity contribution in [3.05, 3.63) is 0 Å². The summed E-state index contributed by atoms with van der Waals surface area (Å²) >= 11 is 0. The third-order valence-electron chi connectivity index (χ3n) is 3.72. The second-order valence-corrected chi connectivity index (χ2v) is 8.40. The molecule has 5 unspecified atom stereocenters. The van der Waals surface area contributed by atoms with Gasteiger partial charge in [0, 0.05) is 0 Å². The van der Waals surface area contributed by atoms with Gasteiger partial charge in [0.05, 0.1) is 25.9 Å². The van der Waals surface area contributed by atoms with Gasteiger partial charge in [-0.15, -0.1) is 0 Å². The number of hydrogen-bond donors (Lipinski definition) is 14. The third kappa shape index (κ3) is 42.1. The fourth-order valence-corrected chi connectivity index (χ4v) is 1.54. The zero-order valence-electron chi connectivity index (χ0n) is 23.3. The Morgan fingerprint density at radius 1 is 0.488 bits per heavy atom. The van der Waals surface area contributed by atoms with Crippen LogP contribution in [-0.4, -0.2) is 125 Å². The molecule has 0 bridgehead atoms. The van der Waals surface area contributed by atoms with Crippen molar-refractivity contribution in [3.63, 3.8) is 0 Å². The predicted molar refractivity (Wildman–Crippen MR) is 143 cm³/mol. The highest BCUT2D eigenvalue weighted by atomic mass is 16.4. The van der Waals surface area contributed by atoms with E-state index in [4.69, 9.17) is 69.5 Å². The summed E-state index contributed by atoms with van der Waals surface area (Å²) in [5.74, 6) is -8.65. The van der Waals surface area contributed by atoms with Crippen LogP contribution in [0.5, 0.6) is 0 Å². The molecular formula is C21H42N6O16. The molecule has 5 atom stereocenters. The maximum atomic E-state index is 10.1. The Bertz CT molecular complexity index is 825. The highest BCUT2D eigenvalue weighted by Gasteiger charge is 2.16. The number of rotatable bonds is 14. The standard InChI is InChI=1S/C6H13NO2.C4H8N2O3.2C4H7NO4.C3H7NO3/c1-4(2)3-5(7)6(8)9;3*5-2(4(8)9)1-3(6)7;4-2(1-5)3(6)7/h4-5H,3,7H2,1-2H3,(H,8,9);2H,1,5H2,(H2,6,7)(H,8,9);2*2H,1,5H2,(H,6,7)(H,8,9);2,5H,1,4H2,(H,6,7). The molecule has 0 aromatic carbocycles. The summed E-state index contributed by atoms with van der Waals surface area (Å²) < 4.78 is 0. The number of carboxylic acid groups (broad SMARTS) is 7. The van der Waals surface area contributed by atoms with Crippen LogP contribution in [0.1, 0.15) is 39.5 Å². The number of aliphatic carboxylic acids is 7. The van der Waals surface area contributed by atoms with E-state index in [0.29, 0.717) is 12.3 Å². The van der Waals surface area contributed by atoms with E-state index in [9.17, 15) is 38.4 Å². The van der Waals surface area contributed by atoms with Gasteiger partial charge in [0.1, 0.15) is 30.2 Å². The molecule has 252 valence electrons. The molecule has 0 aliphatic rings. The molecule has 20 N–H and O–H groups in total. The molecule has 22 nitrogen and oxygen atoms in total. The molecule has 22 heteroatoms. The van der Waals surface area contributed by atoms with Gasteiger partial charge in [-0.25, -0.2) is 0 Å². The number of amides is 1. The Morgan fingerprint density at radius 3 is 0.814 bits per heavy atom. The number of carbonyl (C=O) groups is 8. The van der Waals surface area contributed by atoms with Crippen LogP contribution in [0.25, 0.3) is 0 Å². The van der Waals surface area contributed by atoms with E-state index in [1.807, 2.05) is 13.8 Å². The minimum absolute atomic E-state index is 0.310. The summed E-state index contributed by atoms with van der Waals surface area (Å²) in [6.07, 6.45) is -0.824. The lowest BCUT2D eigenvalue weighted by atomic mass is 10.1. The van der Waals surface area contributed by atoms with E-state index in [1.54, 1.807) is 0 Å². The Kier molecular flexibility index (Phi) is 31.1. The van der Waals surface area contributed by atoms with Gasteiger partial charge in [0.2, 0.25) is 5.91 Å². The van der Waals surface area contributed by atoms with Crippen molar-refractivity contribution in [1.29, 1.82) is 0 Å². The van der Waals surface area contributed by atoms with Crippen LogP contribution in [0.15, 0.2) is 0 Å². The third-order valence-corrected chi connectivity index (χ3v) is 3.72. The summed E-state index contributed by atoms with van der Waals surface area (Å²) in [6, 6.07) is -5.56. The lowest BCUT2D eigenvalue weighted by Gasteiger charge is -2.07. The van der Waals surface area contributed by atoms with Gasteiger partial charge in [0.15, 0.2) is 0 Å². The van der Waals surface area contributed by atoms with Crippen LogP contribution < -0.4 is 34.4 Å². The largest absolute Gasteiger partial charge is 0.481 e. The molecule has 0 rings (SSSR count). The topological polar surface area (TPSA) is 455 Å². The van der Waals surface area contributed by atoms with E-state index in [1.165, 1.54) is 0 Å². The van der Waals surface area contributed by atoms with Gasteiger partial charge in [-0.1, -0.05) is 13.8 Å². The van der Waals surface area contributed by atoms with Crippen molar-refractivity contribution in [2.75, 3.05) is 6.61 Å². The smallest absolute Gasteiger partial charge is 0.322 e. The molecular weight excluding hydrogens is 592 g/mol. The van der Waals surface area contributed by atoms with Crippen LogP contribution in [-0.2, 0) is 38.4 Å². The highest BCUT2D eigenvalue weighted by Crippen LogP contribution is 2.01. The number of carbonyl (C=O) groups excluding carboxylic acids is 1. The maximum absolute atomic E-state index is 10.1. The molecule has 0 aromatic heterocycles. The van der Waals surface area contributed by atoms with Crippen molar-refractivity contribution < 1.29 is 79.2 Å². The first-order valence-electron chi connectivity index (χ1n) is 11.6. The average Bonchev–Trinajstić information content (AvgIpc) is 2.83. The summed E-state index contributed by atoms with van der Waals surface area (Å²) in [4.78, 5) is 78.9. The van der Waals surface area contributed by atoms with Crippen LogP contribution in [0.3, 0.4) is 0 Å². The van der Waals surface area contributed by atoms with E-state index >= 15 is 0 Å². The first kappa shape index (κ1) is 48.3. The van der Waals surface area contributed by atoms with Crippen molar-refractivity contribution in [3.8, 4) is 0 Å². The van der Waals surface area contributed by atoms with Crippen LogP contribution in [0, 0.1) is 5.92 Å². The number of aliphatic hydroxyl groups excluding tert-OH is 1. The van der Waals surface area contributed by atoms with Gasteiger partial charge in [0.25, 0.3) is 0 Å². The average molecular weight is 635 g/mol. The Hall–Kier alpha value is -4.48. The Morgan fingerprint density at radius 2 is 0.744 bits per heavy atom. The molecule has 0 fully saturated rings. The van der Waals surface area contributed by atoms with E-state index in [0.717, 1.165) is 0 Å². The second-order valence-electron chi connectivity index (χ2n) is 8.40.